The van der Waals surface area contributed by atoms with Crippen molar-refractivity contribution >= 4 is 21.6 Å². The summed E-state index contributed by atoms with van der Waals surface area (Å²) in [6.45, 7) is 6.24. The molecule has 0 fully saturated rings. The molecule has 3 rings (SSSR count). The van der Waals surface area contributed by atoms with Crippen LogP contribution in [0.1, 0.15) is 31.8 Å². The van der Waals surface area contributed by atoms with Crippen LogP contribution in [-0.2, 0) is 5.41 Å². The van der Waals surface area contributed by atoms with E-state index < -0.39 is 0 Å². The monoisotopic (exact) mass is 383 g/mol. The molecule has 2 heteroatoms. The minimum atomic E-state index is -0.207. The van der Waals surface area contributed by atoms with Gasteiger partial charge >= 0.3 is 0 Å². The minimum absolute atomic E-state index is 0.0434. The van der Waals surface area contributed by atoms with Gasteiger partial charge in [0.15, 0.2) is 0 Å². The van der Waals surface area contributed by atoms with E-state index in [1.165, 1.54) is 0 Å². The Labute approximate surface area is 158 Å². The smallest absolute Gasteiger partial charge is 0.0636 e. The molecule has 0 unspecified atom stereocenters. The number of nitrogens with two attached hydrogens (primary N) is 1. The fraction of sp³-hybridized carbons (Fsp3) is 0.182. The van der Waals surface area contributed by atoms with Crippen molar-refractivity contribution < 1.29 is 5.48 Å². The van der Waals surface area contributed by atoms with Gasteiger partial charge in [0.1, 0.15) is 0 Å². The summed E-state index contributed by atoms with van der Waals surface area (Å²) in [7, 11) is 0. The number of anilines is 1. The normalized spacial score (nSPS) is 13.8. The third-order valence-electron chi connectivity index (χ3n) is 3.95. The number of rotatable bonds is 2. The second-order valence-corrected chi connectivity index (χ2v) is 7.64. The molecule has 0 bridgehead atoms. The summed E-state index contributed by atoms with van der Waals surface area (Å²) >= 11 is 3.50. The molecule has 0 spiro atoms. The maximum Gasteiger partial charge on any atom is 0.0636 e. The Kier molecular flexibility index (Phi) is 3.31. The zero-order valence-corrected chi connectivity index (χ0v) is 15.6. The molecule has 0 saturated carbocycles. The van der Waals surface area contributed by atoms with Crippen LogP contribution < -0.4 is 5.73 Å². The summed E-state index contributed by atoms with van der Waals surface area (Å²) in [6.07, 6.45) is 0. The molecule has 0 radical (unpaired) electrons. The highest BCUT2D eigenvalue weighted by Gasteiger charge is 2.18. The summed E-state index contributed by atoms with van der Waals surface area (Å²) in [5.74, 6) is 0. The Balaban J connectivity index is 2.42. The highest BCUT2D eigenvalue weighted by atomic mass is 79.9. The van der Waals surface area contributed by atoms with Crippen molar-refractivity contribution in [2.75, 3.05) is 5.73 Å². The number of benzene rings is 3. The van der Waals surface area contributed by atoms with Crippen LogP contribution in [0, 0.1) is 0 Å². The molecule has 0 aromatic heterocycles. The maximum absolute atomic E-state index is 8.80. The van der Waals surface area contributed by atoms with E-state index in [-0.39, 0.29) is 35.1 Å². The van der Waals surface area contributed by atoms with Crippen LogP contribution in [0.4, 0.5) is 5.69 Å². The largest absolute Gasteiger partial charge is 0.397 e. The van der Waals surface area contributed by atoms with Gasteiger partial charge in [0.25, 0.3) is 0 Å². The summed E-state index contributed by atoms with van der Waals surface area (Å²) in [5.41, 5.74) is 9.43. The van der Waals surface area contributed by atoms with E-state index in [9.17, 15) is 0 Å². The summed E-state index contributed by atoms with van der Waals surface area (Å²) in [5, 5.41) is 0. The zero-order chi connectivity index (χ0) is 20.8. The molecular weight excluding hydrogens is 358 g/mol. The molecule has 122 valence electrons. The SMILES string of the molecule is [2H]c1c([2H])c(-c2ccccc2)c([2H])c(-c2cc(C(C)(C)C)cc(Br)c2N)c1[2H]. The van der Waals surface area contributed by atoms with E-state index in [0.29, 0.717) is 26.9 Å². The lowest BCUT2D eigenvalue weighted by Gasteiger charge is -2.22. The molecule has 0 aliphatic heterocycles. The Morgan fingerprint density at radius 2 is 1.62 bits per heavy atom. The van der Waals surface area contributed by atoms with Gasteiger partial charge in [-0.3, -0.25) is 0 Å². The van der Waals surface area contributed by atoms with Crippen LogP contribution in [0.5, 0.6) is 0 Å². The second kappa shape index (κ2) is 6.45. The van der Waals surface area contributed by atoms with Gasteiger partial charge in [-0.1, -0.05) is 69.2 Å². The summed E-state index contributed by atoms with van der Waals surface area (Å²) < 4.78 is 34.6. The first-order valence-electron chi connectivity index (χ1n) is 9.79. The topological polar surface area (TPSA) is 26.0 Å². The standard InChI is InChI=1S/C22H22BrN/c1-22(2,3)18-13-19(21(24)20(23)14-18)17-11-7-10-16(12-17)15-8-5-4-6-9-15/h4-14H,24H2,1-3H3/i7D,10D,11D,12D. The third kappa shape index (κ3) is 3.39. The molecule has 0 aliphatic carbocycles. The van der Waals surface area contributed by atoms with Crippen molar-refractivity contribution in [1.29, 1.82) is 0 Å². The number of hydrogen-bond donors (Lipinski definition) is 1. The number of halogens is 1. The van der Waals surface area contributed by atoms with E-state index in [2.05, 4.69) is 36.7 Å². The predicted octanol–water partition coefficient (Wildman–Crippen LogP) is 6.66. The minimum Gasteiger partial charge on any atom is -0.397 e. The van der Waals surface area contributed by atoms with Gasteiger partial charge in [-0.05, 0) is 61.8 Å². The average molecular weight is 384 g/mol. The van der Waals surface area contributed by atoms with Crippen molar-refractivity contribution in [3.63, 3.8) is 0 Å². The van der Waals surface area contributed by atoms with Gasteiger partial charge in [0.05, 0.1) is 11.2 Å². The Morgan fingerprint density at radius 1 is 0.958 bits per heavy atom. The highest BCUT2D eigenvalue weighted by Crippen LogP contribution is 2.38. The van der Waals surface area contributed by atoms with Gasteiger partial charge in [-0.15, -0.1) is 0 Å². The molecule has 2 N–H and O–H groups in total. The van der Waals surface area contributed by atoms with Crippen LogP contribution in [0.25, 0.3) is 22.3 Å². The van der Waals surface area contributed by atoms with E-state index >= 15 is 0 Å². The molecule has 0 amide bonds. The molecule has 0 atom stereocenters. The van der Waals surface area contributed by atoms with Crippen molar-refractivity contribution in [2.45, 2.75) is 26.2 Å². The number of nitrogen functional groups attached to an aromatic ring is 1. The Bertz CT molecular complexity index is 1060. The predicted molar refractivity (Wildman–Crippen MR) is 108 cm³/mol. The summed E-state index contributed by atoms with van der Waals surface area (Å²) in [4.78, 5) is 0. The average Bonchev–Trinajstić information content (AvgIpc) is 2.63. The van der Waals surface area contributed by atoms with Crippen LogP contribution in [0.2, 0.25) is 0 Å². The first-order chi connectivity index (χ1) is 13.0. The summed E-state index contributed by atoms with van der Waals surface area (Å²) in [6, 6.07) is 12.5. The molecule has 3 aromatic carbocycles. The molecule has 0 saturated heterocycles. The van der Waals surface area contributed by atoms with Crippen LogP contribution in [0.15, 0.2) is 71.1 Å². The zero-order valence-electron chi connectivity index (χ0n) is 18.0. The van der Waals surface area contributed by atoms with Gasteiger partial charge in [-0.2, -0.15) is 0 Å². The maximum atomic E-state index is 8.80. The van der Waals surface area contributed by atoms with E-state index in [4.69, 9.17) is 11.2 Å². The fourth-order valence-corrected chi connectivity index (χ4v) is 2.95. The van der Waals surface area contributed by atoms with Gasteiger partial charge in [-0.25, -0.2) is 0 Å². The van der Waals surface area contributed by atoms with Crippen LogP contribution >= 0.6 is 15.9 Å². The van der Waals surface area contributed by atoms with Gasteiger partial charge in [0.2, 0.25) is 0 Å². The first-order valence-corrected chi connectivity index (χ1v) is 8.59. The Morgan fingerprint density at radius 3 is 2.29 bits per heavy atom. The fourth-order valence-electron chi connectivity index (χ4n) is 2.49. The lowest BCUT2D eigenvalue weighted by Crippen LogP contribution is -2.11. The molecular formula is C22H22BrN. The van der Waals surface area contributed by atoms with Crippen molar-refractivity contribution in [3.05, 3.63) is 76.7 Å². The lowest BCUT2D eigenvalue weighted by atomic mass is 9.85. The van der Waals surface area contributed by atoms with Gasteiger partial charge < -0.3 is 5.73 Å². The third-order valence-corrected chi connectivity index (χ3v) is 4.61. The lowest BCUT2D eigenvalue weighted by molar-refractivity contribution is 0.590. The van der Waals surface area contributed by atoms with Crippen molar-refractivity contribution in [2.24, 2.45) is 0 Å². The Hall–Kier alpha value is -2.06. The van der Waals surface area contributed by atoms with Crippen molar-refractivity contribution in [1.82, 2.24) is 0 Å². The van der Waals surface area contributed by atoms with E-state index in [0.717, 1.165) is 5.56 Å². The van der Waals surface area contributed by atoms with E-state index in [1.807, 2.05) is 42.5 Å². The molecule has 24 heavy (non-hydrogen) atoms. The van der Waals surface area contributed by atoms with Crippen LogP contribution in [0.3, 0.4) is 0 Å². The quantitative estimate of drug-likeness (QED) is 0.491. The highest BCUT2D eigenvalue weighted by molar-refractivity contribution is 9.10. The van der Waals surface area contributed by atoms with E-state index in [1.54, 1.807) is 0 Å². The molecule has 0 heterocycles. The second-order valence-electron chi connectivity index (χ2n) is 6.79. The first kappa shape index (κ1) is 12.3. The molecule has 3 aromatic rings. The number of hydrogen-bond acceptors (Lipinski definition) is 1. The molecule has 1 nitrogen and oxygen atoms in total. The van der Waals surface area contributed by atoms with Crippen molar-refractivity contribution in [3.8, 4) is 22.3 Å². The van der Waals surface area contributed by atoms with Gasteiger partial charge in [0, 0.05) is 10.0 Å². The van der Waals surface area contributed by atoms with Crippen LogP contribution in [-0.4, -0.2) is 0 Å². The molecule has 0 aliphatic rings.